The van der Waals surface area contributed by atoms with Gasteiger partial charge in [-0.25, -0.2) is 9.97 Å². The molecule has 0 radical (unpaired) electrons. The van der Waals surface area contributed by atoms with Gasteiger partial charge >= 0.3 is 0 Å². The maximum Gasteiger partial charge on any atom is 0.188 e. The summed E-state index contributed by atoms with van der Waals surface area (Å²) >= 11 is 1.55. The Balaban J connectivity index is 2.61. The first-order valence-corrected chi connectivity index (χ1v) is 6.34. The number of aromatic nitrogens is 2. The number of aliphatic hydroxyl groups is 1. The second kappa shape index (κ2) is 6.18. The standard InChI is InChI=1S/C11H19N3OS/c1-7-8(2)13-11(14-9(7)3)16-6-10(12)4-5-15/h10,15H,4-6,12H2,1-3H3. The van der Waals surface area contributed by atoms with Gasteiger partial charge in [0.2, 0.25) is 0 Å². The largest absolute Gasteiger partial charge is 0.396 e. The predicted octanol–water partition coefficient (Wildman–Crippen LogP) is 1.20. The summed E-state index contributed by atoms with van der Waals surface area (Å²) in [7, 11) is 0. The van der Waals surface area contributed by atoms with E-state index < -0.39 is 0 Å². The first-order valence-electron chi connectivity index (χ1n) is 5.35. The van der Waals surface area contributed by atoms with Crippen LogP contribution in [0.25, 0.3) is 0 Å². The molecule has 5 heteroatoms. The summed E-state index contributed by atoms with van der Waals surface area (Å²) < 4.78 is 0. The Morgan fingerprint density at radius 1 is 1.25 bits per heavy atom. The SMILES string of the molecule is Cc1nc(SCC(N)CCO)nc(C)c1C. The van der Waals surface area contributed by atoms with Crippen molar-refractivity contribution in [3.05, 3.63) is 17.0 Å². The number of aliphatic hydroxyl groups excluding tert-OH is 1. The van der Waals surface area contributed by atoms with E-state index in [9.17, 15) is 0 Å². The van der Waals surface area contributed by atoms with E-state index >= 15 is 0 Å². The zero-order valence-electron chi connectivity index (χ0n) is 10.0. The summed E-state index contributed by atoms with van der Waals surface area (Å²) in [6.07, 6.45) is 0.622. The fraction of sp³-hybridized carbons (Fsp3) is 0.636. The van der Waals surface area contributed by atoms with Gasteiger partial charge in [0.15, 0.2) is 5.16 Å². The highest BCUT2D eigenvalue weighted by atomic mass is 32.2. The topological polar surface area (TPSA) is 72.0 Å². The molecule has 90 valence electrons. The Morgan fingerprint density at radius 2 is 1.81 bits per heavy atom. The van der Waals surface area contributed by atoms with Crippen molar-refractivity contribution in [3.8, 4) is 0 Å². The van der Waals surface area contributed by atoms with Crippen LogP contribution in [0.2, 0.25) is 0 Å². The molecule has 0 saturated heterocycles. The van der Waals surface area contributed by atoms with Crippen LogP contribution in [-0.2, 0) is 0 Å². The van der Waals surface area contributed by atoms with Gasteiger partial charge in [0, 0.05) is 29.8 Å². The first-order chi connectivity index (χ1) is 7.54. The van der Waals surface area contributed by atoms with Gasteiger partial charge in [-0.1, -0.05) is 11.8 Å². The van der Waals surface area contributed by atoms with Crippen molar-refractivity contribution in [2.24, 2.45) is 5.73 Å². The number of hydrogen-bond donors (Lipinski definition) is 2. The van der Waals surface area contributed by atoms with E-state index in [1.165, 1.54) is 0 Å². The number of hydrogen-bond acceptors (Lipinski definition) is 5. The Labute approximate surface area is 101 Å². The second-order valence-corrected chi connectivity index (χ2v) is 4.87. The summed E-state index contributed by atoms with van der Waals surface area (Å²) in [6, 6.07) is 0.000477. The van der Waals surface area contributed by atoms with Gasteiger partial charge < -0.3 is 10.8 Å². The maximum atomic E-state index is 8.74. The summed E-state index contributed by atoms with van der Waals surface area (Å²) in [5, 5.41) is 9.51. The maximum absolute atomic E-state index is 8.74. The molecule has 1 aromatic heterocycles. The van der Waals surface area contributed by atoms with Gasteiger partial charge in [-0.3, -0.25) is 0 Å². The molecule has 0 aliphatic rings. The number of aryl methyl sites for hydroxylation is 2. The van der Waals surface area contributed by atoms with Crippen molar-refractivity contribution in [2.75, 3.05) is 12.4 Å². The first kappa shape index (κ1) is 13.4. The number of nitrogens with zero attached hydrogens (tertiary/aromatic N) is 2. The number of nitrogens with two attached hydrogens (primary N) is 1. The Bertz CT molecular complexity index is 334. The summed E-state index contributed by atoms with van der Waals surface area (Å²) in [5.74, 6) is 0.739. The molecule has 1 unspecified atom stereocenters. The van der Waals surface area contributed by atoms with E-state index in [-0.39, 0.29) is 12.6 Å². The molecule has 1 rings (SSSR count). The lowest BCUT2D eigenvalue weighted by Crippen LogP contribution is -2.24. The molecule has 1 aromatic rings. The second-order valence-electron chi connectivity index (χ2n) is 3.89. The molecule has 3 N–H and O–H groups in total. The third-order valence-electron chi connectivity index (χ3n) is 2.54. The van der Waals surface area contributed by atoms with E-state index in [1.807, 2.05) is 20.8 Å². The Morgan fingerprint density at radius 3 is 2.31 bits per heavy atom. The zero-order valence-corrected chi connectivity index (χ0v) is 10.8. The van der Waals surface area contributed by atoms with Crippen LogP contribution in [0.3, 0.4) is 0 Å². The lowest BCUT2D eigenvalue weighted by Gasteiger charge is -2.10. The average Bonchev–Trinajstić information content (AvgIpc) is 2.23. The minimum Gasteiger partial charge on any atom is -0.396 e. The van der Waals surface area contributed by atoms with Crippen molar-refractivity contribution < 1.29 is 5.11 Å². The van der Waals surface area contributed by atoms with Crippen LogP contribution in [0.15, 0.2) is 5.16 Å². The minimum atomic E-state index is 0.000477. The fourth-order valence-corrected chi connectivity index (χ4v) is 2.17. The molecule has 0 fully saturated rings. The molecule has 0 amide bonds. The lowest BCUT2D eigenvalue weighted by molar-refractivity contribution is 0.279. The molecule has 4 nitrogen and oxygen atoms in total. The van der Waals surface area contributed by atoms with Gasteiger partial charge in [-0.15, -0.1) is 0 Å². The molecule has 0 bridgehead atoms. The third-order valence-corrected chi connectivity index (χ3v) is 3.57. The number of thioether (sulfide) groups is 1. The highest BCUT2D eigenvalue weighted by Crippen LogP contribution is 2.17. The summed E-state index contributed by atoms with van der Waals surface area (Å²) in [4.78, 5) is 8.80. The predicted molar refractivity (Wildman–Crippen MR) is 66.6 cm³/mol. The van der Waals surface area contributed by atoms with Crippen LogP contribution >= 0.6 is 11.8 Å². The smallest absolute Gasteiger partial charge is 0.188 e. The molecule has 0 aromatic carbocycles. The fourth-order valence-electron chi connectivity index (χ4n) is 1.24. The van der Waals surface area contributed by atoms with Crippen LogP contribution < -0.4 is 5.73 Å². The molecule has 0 saturated carbocycles. The van der Waals surface area contributed by atoms with Crippen molar-refractivity contribution in [1.82, 2.24) is 9.97 Å². The van der Waals surface area contributed by atoms with E-state index in [4.69, 9.17) is 10.8 Å². The van der Waals surface area contributed by atoms with Gasteiger partial charge in [0.1, 0.15) is 0 Å². The van der Waals surface area contributed by atoms with Crippen LogP contribution in [0, 0.1) is 20.8 Å². The monoisotopic (exact) mass is 241 g/mol. The van der Waals surface area contributed by atoms with E-state index in [1.54, 1.807) is 11.8 Å². The molecule has 16 heavy (non-hydrogen) atoms. The van der Waals surface area contributed by atoms with E-state index in [0.29, 0.717) is 6.42 Å². The van der Waals surface area contributed by atoms with Crippen molar-refractivity contribution >= 4 is 11.8 Å². The Hall–Kier alpha value is -0.650. The summed E-state index contributed by atoms with van der Waals surface area (Å²) in [5.41, 5.74) is 8.98. The van der Waals surface area contributed by atoms with E-state index in [0.717, 1.165) is 27.9 Å². The van der Waals surface area contributed by atoms with Gasteiger partial charge in [0.05, 0.1) is 0 Å². The molecule has 1 heterocycles. The third kappa shape index (κ3) is 3.73. The van der Waals surface area contributed by atoms with Crippen LogP contribution in [0.4, 0.5) is 0 Å². The van der Waals surface area contributed by atoms with Crippen molar-refractivity contribution in [2.45, 2.75) is 38.4 Å². The molecule has 0 aliphatic heterocycles. The number of rotatable bonds is 5. The average molecular weight is 241 g/mol. The molecule has 1 atom stereocenters. The molecule has 0 aliphatic carbocycles. The summed E-state index contributed by atoms with van der Waals surface area (Å²) in [6.45, 7) is 6.13. The van der Waals surface area contributed by atoms with Gasteiger partial charge in [0.25, 0.3) is 0 Å². The molecular formula is C11H19N3OS. The molecular weight excluding hydrogens is 222 g/mol. The molecule has 0 spiro atoms. The normalized spacial score (nSPS) is 12.8. The van der Waals surface area contributed by atoms with Gasteiger partial charge in [-0.05, 0) is 32.8 Å². The van der Waals surface area contributed by atoms with Gasteiger partial charge in [-0.2, -0.15) is 0 Å². The highest BCUT2D eigenvalue weighted by Gasteiger charge is 2.07. The van der Waals surface area contributed by atoms with E-state index in [2.05, 4.69) is 9.97 Å². The van der Waals surface area contributed by atoms with Crippen LogP contribution in [0.1, 0.15) is 23.4 Å². The lowest BCUT2D eigenvalue weighted by atomic mass is 10.2. The minimum absolute atomic E-state index is 0.000477. The van der Waals surface area contributed by atoms with Crippen molar-refractivity contribution in [1.29, 1.82) is 0 Å². The quantitative estimate of drug-likeness (QED) is 0.599. The Kier molecular flexibility index (Phi) is 5.18. The van der Waals surface area contributed by atoms with Crippen molar-refractivity contribution in [3.63, 3.8) is 0 Å². The van der Waals surface area contributed by atoms with Crippen LogP contribution in [0.5, 0.6) is 0 Å². The van der Waals surface area contributed by atoms with Crippen LogP contribution in [-0.4, -0.2) is 33.5 Å². The zero-order chi connectivity index (χ0) is 12.1. The highest BCUT2D eigenvalue weighted by molar-refractivity contribution is 7.99.